The summed E-state index contributed by atoms with van der Waals surface area (Å²) < 4.78 is 2.69. The smallest absolute Gasteiger partial charge is 0.0433 e. The molecule has 0 aliphatic carbocycles. The summed E-state index contributed by atoms with van der Waals surface area (Å²) in [6.45, 7) is 0. The standard InChI is InChI=1S/C44H28S/c1-2-9-29(10-3-1)30-17-19-31(20-18-30)34-25-26-35-28-41(37-11-4-5-12-38(37)42(35)27-34)33-23-21-32(22-24-33)36-14-8-15-40-39-13-6-7-16-43(39)45-44(36)40/h1-28H. The van der Waals surface area contributed by atoms with Crippen LogP contribution in [0.15, 0.2) is 170 Å². The molecular weight excluding hydrogens is 561 g/mol. The van der Waals surface area contributed by atoms with Crippen molar-refractivity contribution in [3.63, 3.8) is 0 Å². The van der Waals surface area contributed by atoms with Crippen LogP contribution in [0, 0.1) is 0 Å². The molecule has 0 aliphatic heterocycles. The molecule has 0 nitrogen and oxygen atoms in total. The van der Waals surface area contributed by atoms with Crippen LogP contribution in [0.2, 0.25) is 0 Å². The fourth-order valence-electron chi connectivity index (χ4n) is 6.81. The highest BCUT2D eigenvalue weighted by atomic mass is 32.1. The Bertz CT molecular complexity index is 2500. The van der Waals surface area contributed by atoms with Crippen molar-refractivity contribution in [1.82, 2.24) is 0 Å². The molecule has 0 fully saturated rings. The van der Waals surface area contributed by atoms with Gasteiger partial charge in [-0.1, -0.05) is 152 Å². The highest BCUT2D eigenvalue weighted by Gasteiger charge is 2.13. The zero-order valence-electron chi connectivity index (χ0n) is 24.6. The van der Waals surface area contributed by atoms with Gasteiger partial charge in [-0.2, -0.15) is 0 Å². The van der Waals surface area contributed by atoms with Gasteiger partial charge in [0, 0.05) is 20.2 Å². The largest absolute Gasteiger partial charge is 0.135 e. The van der Waals surface area contributed by atoms with Crippen molar-refractivity contribution in [1.29, 1.82) is 0 Å². The first-order valence-electron chi connectivity index (χ1n) is 15.4. The van der Waals surface area contributed by atoms with Gasteiger partial charge in [0.1, 0.15) is 0 Å². The quantitative estimate of drug-likeness (QED) is 0.179. The summed E-state index contributed by atoms with van der Waals surface area (Å²) in [4.78, 5) is 0. The van der Waals surface area contributed by atoms with E-state index in [4.69, 9.17) is 0 Å². The van der Waals surface area contributed by atoms with Crippen LogP contribution in [-0.2, 0) is 0 Å². The van der Waals surface area contributed by atoms with Gasteiger partial charge >= 0.3 is 0 Å². The van der Waals surface area contributed by atoms with Crippen molar-refractivity contribution in [3.05, 3.63) is 170 Å². The molecule has 1 aromatic heterocycles. The Morgan fingerprint density at radius 1 is 0.289 bits per heavy atom. The number of fused-ring (bicyclic) bond motifs is 6. The molecule has 210 valence electrons. The lowest BCUT2D eigenvalue weighted by Gasteiger charge is -2.13. The molecule has 0 aliphatic rings. The summed E-state index contributed by atoms with van der Waals surface area (Å²) in [7, 11) is 0. The van der Waals surface area contributed by atoms with Crippen LogP contribution in [0.4, 0.5) is 0 Å². The Balaban J connectivity index is 1.11. The van der Waals surface area contributed by atoms with E-state index in [1.165, 1.54) is 86.2 Å². The maximum atomic E-state index is 2.36. The topological polar surface area (TPSA) is 0 Å². The van der Waals surface area contributed by atoms with E-state index in [-0.39, 0.29) is 0 Å². The highest BCUT2D eigenvalue weighted by Crippen LogP contribution is 2.41. The molecule has 8 aromatic carbocycles. The van der Waals surface area contributed by atoms with E-state index in [0.29, 0.717) is 0 Å². The van der Waals surface area contributed by atoms with Gasteiger partial charge in [0.15, 0.2) is 0 Å². The van der Waals surface area contributed by atoms with E-state index in [9.17, 15) is 0 Å². The summed E-state index contributed by atoms with van der Waals surface area (Å²) in [5.74, 6) is 0. The third-order valence-electron chi connectivity index (χ3n) is 9.10. The van der Waals surface area contributed by atoms with Crippen LogP contribution in [0.25, 0.3) is 86.2 Å². The molecule has 9 aromatic rings. The maximum absolute atomic E-state index is 2.36. The minimum atomic E-state index is 1.23. The van der Waals surface area contributed by atoms with Gasteiger partial charge in [-0.15, -0.1) is 11.3 Å². The lowest BCUT2D eigenvalue weighted by Crippen LogP contribution is -1.87. The Hall–Kier alpha value is -5.50. The molecule has 0 radical (unpaired) electrons. The summed E-state index contributed by atoms with van der Waals surface area (Å²) >= 11 is 1.89. The highest BCUT2D eigenvalue weighted by molar-refractivity contribution is 7.26. The first kappa shape index (κ1) is 25.9. The van der Waals surface area contributed by atoms with Crippen molar-refractivity contribution < 1.29 is 0 Å². The minimum Gasteiger partial charge on any atom is -0.135 e. The van der Waals surface area contributed by atoms with Gasteiger partial charge in [0.05, 0.1) is 0 Å². The number of hydrogen-bond acceptors (Lipinski definition) is 1. The Morgan fingerprint density at radius 2 is 0.844 bits per heavy atom. The SMILES string of the molecule is c1ccc(-c2ccc(-c3ccc4cc(-c5ccc(-c6cccc7c6sc6ccccc67)cc5)c5ccccc5c4c3)cc2)cc1. The molecular formula is C44H28S. The van der Waals surface area contributed by atoms with Gasteiger partial charge in [-0.05, 0) is 84.3 Å². The Morgan fingerprint density at radius 3 is 1.62 bits per heavy atom. The van der Waals surface area contributed by atoms with Crippen molar-refractivity contribution in [2.45, 2.75) is 0 Å². The van der Waals surface area contributed by atoms with Crippen LogP contribution in [0.5, 0.6) is 0 Å². The van der Waals surface area contributed by atoms with Gasteiger partial charge < -0.3 is 0 Å². The molecule has 0 atom stereocenters. The molecule has 0 unspecified atom stereocenters. The van der Waals surface area contributed by atoms with E-state index in [1.54, 1.807) is 0 Å². The van der Waals surface area contributed by atoms with Crippen LogP contribution in [0.1, 0.15) is 0 Å². The van der Waals surface area contributed by atoms with Crippen LogP contribution in [0.3, 0.4) is 0 Å². The van der Waals surface area contributed by atoms with Crippen molar-refractivity contribution >= 4 is 53.1 Å². The van der Waals surface area contributed by atoms with Gasteiger partial charge in [0.2, 0.25) is 0 Å². The molecule has 1 heteroatoms. The molecule has 0 amide bonds. The van der Waals surface area contributed by atoms with E-state index in [0.717, 1.165) is 0 Å². The maximum Gasteiger partial charge on any atom is 0.0433 e. The summed E-state index contributed by atoms with van der Waals surface area (Å²) in [6, 6.07) is 62.1. The first-order valence-corrected chi connectivity index (χ1v) is 16.2. The summed E-state index contributed by atoms with van der Waals surface area (Å²) in [5, 5.41) is 7.78. The molecule has 0 N–H and O–H groups in total. The van der Waals surface area contributed by atoms with E-state index in [1.807, 2.05) is 11.3 Å². The monoisotopic (exact) mass is 588 g/mol. The van der Waals surface area contributed by atoms with Crippen molar-refractivity contribution in [3.8, 4) is 44.5 Å². The lowest BCUT2D eigenvalue weighted by molar-refractivity contribution is 1.60. The fraction of sp³-hybridized carbons (Fsp3) is 0. The van der Waals surface area contributed by atoms with Crippen LogP contribution in [-0.4, -0.2) is 0 Å². The van der Waals surface area contributed by atoms with E-state index < -0.39 is 0 Å². The normalized spacial score (nSPS) is 11.6. The van der Waals surface area contributed by atoms with Gasteiger partial charge in [-0.25, -0.2) is 0 Å². The second kappa shape index (κ2) is 10.6. The summed E-state index contributed by atoms with van der Waals surface area (Å²) in [6.07, 6.45) is 0. The minimum absolute atomic E-state index is 1.23. The third kappa shape index (κ3) is 4.44. The van der Waals surface area contributed by atoms with Crippen molar-refractivity contribution in [2.24, 2.45) is 0 Å². The third-order valence-corrected chi connectivity index (χ3v) is 10.3. The van der Waals surface area contributed by atoms with Crippen LogP contribution < -0.4 is 0 Å². The van der Waals surface area contributed by atoms with Crippen molar-refractivity contribution in [2.75, 3.05) is 0 Å². The molecule has 0 spiro atoms. The fourth-order valence-corrected chi connectivity index (χ4v) is 8.05. The second-order valence-corrected chi connectivity index (χ2v) is 12.8. The summed E-state index contributed by atoms with van der Waals surface area (Å²) in [5.41, 5.74) is 10.0. The van der Waals surface area contributed by atoms with E-state index in [2.05, 4.69) is 170 Å². The Kier molecular flexibility index (Phi) is 6.11. The lowest BCUT2D eigenvalue weighted by atomic mass is 9.90. The molecule has 0 saturated carbocycles. The zero-order chi connectivity index (χ0) is 29.7. The average Bonchev–Trinajstić information content (AvgIpc) is 3.51. The predicted molar refractivity (Wildman–Crippen MR) is 196 cm³/mol. The number of hydrogen-bond donors (Lipinski definition) is 0. The number of benzene rings is 8. The van der Waals surface area contributed by atoms with E-state index >= 15 is 0 Å². The second-order valence-electron chi connectivity index (χ2n) is 11.7. The Labute approximate surface area is 266 Å². The van der Waals surface area contributed by atoms with Gasteiger partial charge in [-0.3, -0.25) is 0 Å². The molecule has 0 saturated heterocycles. The number of rotatable bonds is 4. The average molecular weight is 589 g/mol. The number of thiophene rings is 1. The predicted octanol–water partition coefficient (Wildman–Crippen LogP) is 13.0. The molecule has 9 rings (SSSR count). The zero-order valence-corrected chi connectivity index (χ0v) is 25.4. The molecule has 1 heterocycles. The van der Waals surface area contributed by atoms with Crippen LogP contribution >= 0.6 is 11.3 Å². The van der Waals surface area contributed by atoms with Gasteiger partial charge in [0.25, 0.3) is 0 Å². The molecule has 45 heavy (non-hydrogen) atoms. The first-order chi connectivity index (χ1) is 22.3. The molecule has 0 bridgehead atoms.